The minimum atomic E-state index is -0.730. The van der Waals surface area contributed by atoms with E-state index >= 15 is 0 Å². The lowest BCUT2D eigenvalue weighted by molar-refractivity contribution is 0.0422. The van der Waals surface area contributed by atoms with Crippen LogP contribution in [0.1, 0.15) is 25.3 Å². The van der Waals surface area contributed by atoms with Gasteiger partial charge in [0.1, 0.15) is 5.75 Å². The van der Waals surface area contributed by atoms with E-state index in [-0.39, 0.29) is 5.92 Å². The summed E-state index contributed by atoms with van der Waals surface area (Å²) in [6.45, 7) is 4.20. The second-order valence-corrected chi connectivity index (χ2v) is 5.12. The van der Waals surface area contributed by atoms with Crippen molar-refractivity contribution in [3.05, 3.63) is 28.2 Å². The van der Waals surface area contributed by atoms with Crippen molar-refractivity contribution in [2.24, 2.45) is 0 Å². The number of halogens is 1. The number of fused-ring (bicyclic) bond motifs is 1. The van der Waals surface area contributed by atoms with Crippen molar-refractivity contribution in [2.75, 3.05) is 6.61 Å². The smallest absolute Gasteiger partial charge is 0.123 e. The van der Waals surface area contributed by atoms with Crippen molar-refractivity contribution < 1.29 is 9.84 Å². The van der Waals surface area contributed by atoms with E-state index in [2.05, 4.69) is 15.9 Å². The van der Waals surface area contributed by atoms with Gasteiger partial charge >= 0.3 is 0 Å². The molecular weight excluding hydrogens is 244 g/mol. The quantitative estimate of drug-likeness (QED) is 0.838. The second kappa shape index (κ2) is 3.24. The first-order valence-electron chi connectivity index (χ1n) is 4.63. The predicted octanol–water partition coefficient (Wildman–Crippen LogP) is 2.70. The summed E-state index contributed by atoms with van der Waals surface area (Å²) in [6.07, 6.45) is 0. The van der Waals surface area contributed by atoms with Crippen molar-refractivity contribution in [3.63, 3.8) is 0 Å². The highest BCUT2D eigenvalue weighted by atomic mass is 79.9. The Morgan fingerprint density at radius 3 is 2.86 bits per heavy atom. The number of ether oxygens (including phenoxy) is 1. The fraction of sp³-hybridized carbons (Fsp3) is 0.455. The zero-order valence-corrected chi connectivity index (χ0v) is 9.84. The number of hydrogen-bond acceptors (Lipinski definition) is 2. The minimum Gasteiger partial charge on any atom is -0.493 e. The van der Waals surface area contributed by atoms with Crippen molar-refractivity contribution in [1.29, 1.82) is 0 Å². The summed E-state index contributed by atoms with van der Waals surface area (Å²) in [5.74, 6) is 0.954. The lowest BCUT2D eigenvalue weighted by Gasteiger charge is -2.24. The summed E-state index contributed by atoms with van der Waals surface area (Å²) in [5, 5.41) is 9.96. The third kappa shape index (κ3) is 1.66. The standard InChI is InChI=1S/C11H13BrO2/c1-11(2,13)9-6-14-10-4-3-7(12)5-8(9)10/h3-5,9,13H,6H2,1-2H3. The van der Waals surface area contributed by atoms with Gasteiger partial charge in [0.15, 0.2) is 0 Å². The molecular formula is C11H13BrO2. The number of rotatable bonds is 1. The molecule has 1 aliphatic heterocycles. The van der Waals surface area contributed by atoms with Crippen LogP contribution in [-0.4, -0.2) is 17.3 Å². The van der Waals surface area contributed by atoms with Gasteiger partial charge in [-0.1, -0.05) is 15.9 Å². The molecule has 0 spiro atoms. The lowest BCUT2D eigenvalue weighted by atomic mass is 9.86. The molecule has 1 heterocycles. The molecule has 0 fully saturated rings. The van der Waals surface area contributed by atoms with Crippen molar-refractivity contribution in [3.8, 4) is 5.75 Å². The van der Waals surface area contributed by atoms with Crippen LogP contribution in [0.15, 0.2) is 22.7 Å². The van der Waals surface area contributed by atoms with E-state index in [1.54, 1.807) is 0 Å². The van der Waals surface area contributed by atoms with Crippen LogP contribution >= 0.6 is 15.9 Å². The fourth-order valence-electron chi connectivity index (χ4n) is 1.77. The van der Waals surface area contributed by atoms with Gasteiger partial charge in [-0.15, -0.1) is 0 Å². The van der Waals surface area contributed by atoms with Crippen LogP contribution < -0.4 is 4.74 Å². The van der Waals surface area contributed by atoms with Crippen LogP contribution in [0.5, 0.6) is 5.75 Å². The van der Waals surface area contributed by atoms with E-state index in [1.807, 2.05) is 32.0 Å². The molecule has 14 heavy (non-hydrogen) atoms. The average Bonchev–Trinajstić information content (AvgIpc) is 2.45. The van der Waals surface area contributed by atoms with E-state index in [0.717, 1.165) is 15.8 Å². The van der Waals surface area contributed by atoms with E-state index in [0.29, 0.717) is 6.61 Å². The molecule has 0 aliphatic carbocycles. The van der Waals surface area contributed by atoms with Crippen molar-refractivity contribution in [2.45, 2.75) is 25.4 Å². The van der Waals surface area contributed by atoms with Gasteiger partial charge in [0.25, 0.3) is 0 Å². The van der Waals surface area contributed by atoms with Gasteiger partial charge in [0.05, 0.1) is 18.1 Å². The summed E-state index contributed by atoms with van der Waals surface area (Å²) in [5.41, 5.74) is 0.360. The van der Waals surface area contributed by atoms with Crippen molar-refractivity contribution >= 4 is 15.9 Å². The van der Waals surface area contributed by atoms with Gasteiger partial charge in [-0.25, -0.2) is 0 Å². The monoisotopic (exact) mass is 256 g/mol. The van der Waals surface area contributed by atoms with E-state index < -0.39 is 5.60 Å². The van der Waals surface area contributed by atoms with Crippen LogP contribution in [0.4, 0.5) is 0 Å². The Balaban J connectivity index is 2.43. The molecule has 76 valence electrons. The first kappa shape index (κ1) is 9.99. The number of hydrogen-bond donors (Lipinski definition) is 1. The molecule has 0 saturated heterocycles. The molecule has 1 atom stereocenters. The Labute approximate surface area is 92.0 Å². The lowest BCUT2D eigenvalue weighted by Crippen LogP contribution is -2.29. The maximum atomic E-state index is 9.96. The molecule has 0 saturated carbocycles. The van der Waals surface area contributed by atoms with Crippen molar-refractivity contribution in [1.82, 2.24) is 0 Å². The Bertz CT molecular complexity index is 355. The largest absolute Gasteiger partial charge is 0.493 e. The molecule has 1 unspecified atom stereocenters. The van der Waals surface area contributed by atoms with Gasteiger partial charge in [-0.2, -0.15) is 0 Å². The molecule has 0 aromatic heterocycles. The second-order valence-electron chi connectivity index (χ2n) is 4.20. The molecule has 0 radical (unpaired) electrons. The maximum absolute atomic E-state index is 9.96. The summed E-state index contributed by atoms with van der Waals surface area (Å²) < 4.78 is 6.54. The third-order valence-corrected chi connectivity index (χ3v) is 3.10. The van der Waals surface area contributed by atoms with E-state index in [4.69, 9.17) is 4.74 Å². The zero-order chi connectivity index (χ0) is 10.3. The third-order valence-electron chi connectivity index (χ3n) is 2.61. The average molecular weight is 257 g/mol. The molecule has 0 amide bonds. The highest BCUT2D eigenvalue weighted by Gasteiger charge is 2.35. The zero-order valence-electron chi connectivity index (χ0n) is 8.25. The van der Waals surface area contributed by atoms with E-state index in [9.17, 15) is 5.11 Å². The van der Waals surface area contributed by atoms with Crippen LogP contribution in [0.2, 0.25) is 0 Å². The molecule has 1 aromatic rings. The molecule has 2 rings (SSSR count). The summed E-state index contributed by atoms with van der Waals surface area (Å²) in [6, 6.07) is 5.90. The highest BCUT2D eigenvalue weighted by Crippen LogP contribution is 2.41. The summed E-state index contributed by atoms with van der Waals surface area (Å²) in [4.78, 5) is 0. The fourth-order valence-corrected chi connectivity index (χ4v) is 2.15. The minimum absolute atomic E-state index is 0.0648. The van der Waals surface area contributed by atoms with Gasteiger partial charge < -0.3 is 9.84 Å². The molecule has 3 heteroatoms. The Hall–Kier alpha value is -0.540. The normalized spacial score (nSPS) is 20.4. The van der Waals surface area contributed by atoms with Gasteiger partial charge in [0.2, 0.25) is 0 Å². The van der Waals surface area contributed by atoms with Gasteiger partial charge in [-0.3, -0.25) is 0 Å². The van der Waals surface area contributed by atoms with Crippen LogP contribution in [0.25, 0.3) is 0 Å². The first-order valence-corrected chi connectivity index (χ1v) is 5.42. The van der Waals surface area contributed by atoms with Crippen LogP contribution in [0.3, 0.4) is 0 Å². The molecule has 1 N–H and O–H groups in total. The van der Waals surface area contributed by atoms with Crippen LogP contribution in [-0.2, 0) is 0 Å². The molecule has 1 aliphatic rings. The van der Waals surface area contributed by atoms with Gasteiger partial charge in [-0.05, 0) is 32.0 Å². The predicted molar refractivity (Wildman–Crippen MR) is 58.7 cm³/mol. The molecule has 0 bridgehead atoms. The topological polar surface area (TPSA) is 29.5 Å². The number of aliphatic hydroxyl groups is 1. The first-order chi connectivity index (χ1) is 6.48. The maximum Gasteiger partial charge on any atom is 0.123 e. The summed E-state index contributed by atoms with van der Waals surface area (Å²) in [7, 11) is 0. The number of benzene rings is 1. The Morgan fingerprint density at radius 2 is 2.21 bits per heavy atom. The Kier molecular flexibility index (Phi) is 2.32. The van der Waals surface area contributed by atoms with E-state index in [1.165, 1.54) is 0 Å². The SMILES string of the molecule is CC(C)(O)C1COc2ccc(Br)cc21. The van der Waals surface area contributed by atoms with Gasteiger partial charge in [0, 0.05) is 10.0 Å². The Morgan fingerprint density at radius 1 is 1.50 bits per heavy atom. The molecule has 2 nitrogen and oxygen atoms in total. The van der Waals surface area contributed by atoms with Crippen LogP contribution in [0, 0.1) is 0 Å². The molecule has 1 aromatic carbocycles. The summed E-state index contributed by atoms with van der Waals surface area (Å²) >= 11 is 3.42. The highest BCUT2D eigenvalue weighted by molar-refractivity contribution is 9.10.